The lowest BCUT2D eigenvalue weighted by Gasteiger charge is -2.18. The quantitative estimate of drug-likeness (QED) is 0.570. The highest BCUT2D eigenvalue weighted by atomic mass is 19.1. The van der Waals surface area contributed by atoms with Gasteiger partial charge in [-0.05, 0) is 48.2 Å². The molecule has 131 valence electrons. The molecule has 3 N–H and O–H groups in total. The van der Waals surface area contributed by atoms with Crippen LogP contribution in [0.1, 0.15) is 29.9 Å². The Hall–Kier alpha value is -2.76. The summed E-state index contributed by atoms with van der Waals surface area (Å²) in [7, 11) is 0. The molecule has 0 spiro atoms. The fourth-order valence-corrected chi connectivity index (χ4v) is 2.61. The third kappa shape index (κ3) is 5.99. The first kappa shape index (κ1) is 18.6. The number of primary amides is 1. The normalized spacial score (nSPS) is 10.7. The van der Waals surface area contributed by atoms with Gasteiger partial charge < -0.3 is 11.1 Å². The van der Waals surface area contributed by atoms with Gasteiger partial charge in [0.2, 0.25) is 11.8 Å². The Morgan fingerprint density at radius 2 is 1.44 bits per heavy atom. The maximum atomic E-state index is 13.2. The van der Waals surface area contributed by atoms with Crippen molar-refractivity contribution in [2.24, 2.45) is 5.73 Å². The number of nitrogens with one attached hydrogen (secondary N) is 1. The summed E-state index contributed by atoms with van der Waals surface area (Å²) >= 11 is 0. The summed E-state index contributed by atoms with van der Waals surface area (Å²) in [5, 5.41) is 2.58. The number of benzene rings is 2. The molecule has 2 aromatic carbocycles. The largest absolute Gasteiger partial charge is 0.369 e. The zero-order chi connectivity index (χ0) is 18.2. The number of nitrogens with two attached hydrogens (primary N) is 1. The highest BCUT2D eigenvalue weighted by molar-refractivity contribution is 6.07. The van der Waals surface area contributed by atoms with E-state index in [1.165, 1.54) is 24.3 Å². The minimum atomic E-state index is -0.798. The number of amides is 2. The Morgan fingerprint density at radius 1 is 0.960 bits per heavy atom. The van der Waals surface area contributed by atoms with Crippen LogP contribution in [0.3, 0.4) is 0 Å². The van der Waals surface area contributed by atoms with Gasteiger partial charge in [-0.2, -0.15) is 0 Å². The summed E-state index contributed by atoms with van der Waals surface area (Å²) in [5.74, 6) is -2.04. The van der Waals surface area contributed by atoms with Crippen molar-refractivity contribution in [1.29, 1.82) is 0 Å². The van der Waals surface area contributed by atoms with Crippen molar-refractivity contribution < 1.29 is 18.4 Å². The smallest absolute Gasteiger partial charge is 0.233 e. The Bertz CT molecular complexity index is 670. The molecule has 6 heteroatoms. The maximum Gasteiger partial charge on any atom is 0.233 e. The molecule has 0 fully saturated rings. The third-order valence-corrected chi connectivity index (χ3v) is 3.79. The van der Waals surface area contributed by atoms with Gasteiger partial charge in [-0.1, -0.05) is 24.3 Å². The van der Waals surface area contributed by atoms with Gasteiger partial charge in [0.1, 0.15) is 18.1 Å². The highest BCUT2D eigenvalue weighted by Crippen LogP contribution is 2.29. The monoisotopic (exact) mass is 345 g/mol. The second-order valence-electron chi connectivity index (χ2n) is 5.64. The summed E-state index contributed by atoms with van der Waals surface area (Å²) in [6.45, 7) is 0.363. The lowest BCUT2D eigenvalue weighted by atomic mass is 9.87. The average Bonchev–Trinajstić information content (AvgIpc) is 2.56. The standard InChI is InChI=1S/C19H19F2N2O2/c20-15-7-3-13(4-8-15)17(14-5-9-16(21)10-6-14)2-1-11-23-19(25)12-18(22)24/h3-10,12,17H,1-2,11H2,(H2,22,24)(H,23,25). The molecule has 25 heavy (non-hydrogen) atoms. The molecule has 0 unspecified atom stereocenters. The summed E-state index contributed by atoms with van der Waals surface area (Å²) in [6.07, 6.45) is 2.07. The van der Waals surface area contributed by atoms with Crippen molar-refractivity contribution in [2.45, 2.75) is 18.8 Å². The molecule has 0 atom stereocenters. The Balaban J connectivity index is 2.02. The van der Waals surface area contributed by atoms with Crippen molar-refractivity contribution >= 4 is 11.8 Å². The second-order valence-corrected chi connectivity index (χ2v) is 5.64. The van der Waals surface area contributed by atoms with Crippen molar-refractivity contribution in [3.8, 4) is 0 Å². The molecule has 0 aromatic heterocycles. The van der Waals surface area contributed by atoms with E-state index in [-0.39, 0.29) is 17.6 Å². The third-order valence-electron chi connectivity index (χ3n) is 3.79. The lowest BCUT2D eigenvalue weighted by molar-refractivity contribution is -0.122. The van der Waals surface area contributed by atoms with Crippen LogP contribution in [-0.4, -0.2) is 18.4 Å². The number of hydrogen-bond donors (Lipinski definition) is 2. The number of halogens is 2. The van der Waals surface area contributed by atoms with Crippen LogP contribution in [0.2, 0.25) is 0 Å². The molecular formula is C19H19F2N2O2. The SMILES string of the molecule is NC(=O)[CH]C(=O)NCCCC(c1ccc(F)cc1)c1ccc(F)cc1. The molecule has 2 rings (SSSR count). The molecule has 1 radical (unpaired) electrons. The predicted molar refractivity (Wildman–Crippen MR) is 90.4 cm³/mol. The Kier molecular flexibility index (Phi) is 6.62. The second kappa shape index (κ2) is 8.92. The number of carbonyl (C=O) groups excluding carboxylic acids is 2. The van der Waals surface area contributed by atoms with Gasteiger partial charge in [0.25, 0.3) is 0 Å². The van der Waals surface area contributed by atoms with Crippen molar-refractivity contribution in [2.75, 3.05) is 6.54 Å². The van der Waals surface area contributed by atoms with E-state index < -0.39 is 11.8 Å². The molecule has 0 bridgehead atoms. The average molecular weight is 345 g/mol. The predicted octanol–water partition coefficient (Wildman–Crippen LogP) is 2.68. The molecular weight excluding hydrogens is 326 g/mol. The molecule has 2 aromatic rings. The van der Waals surface area contributed by atoms with E-state index in [0.717, 1.165) is 17.5 Å². The van der Waals surface area contributed by atoms with Crippen LogP contribution in [0, 0.1) is 18.1 Å². The first-order valence-corrected chi connectivity index (χ1v) is 7.88. The summed E-state index contributed by atoms with van der Waals surface area (Å²) in [6, 6.07) is 12.3. The topological polar surface area (TPSA) is 72.2 Å². The highest BCUT2D eigenvalue weighted by Gasteiger charge is 2.15. The van der Waals surface area contributed by atoms with Crippen LogP contribution in [0.5, 0.6) is 0 Å². The van der Waals surface area contributed by atoms with Gasteiger partial charge in [-0.3, -0.25) is 9.59 Å². The lowest BCUT2D eigenvalue weighted by Crippen LogP contribution is -2.30. The van der Waals surface area contributed by atoms with E-state index in [0.29, 0.717) is 19.4 Å². The number of hydrogen-bond acceptors (Lipinski definition) is 2. The van der Waals surface area contributed by atoms with Gasteiger partial charge >= 0.3 is 0 Å². The first-order valence-electron chi connectivity index (χ1n) is 7.88. The van der Waals surface area contributed by atoms with Crippen molar-refractivity contribution in [1.82, 2.24) is 5.32 Å². The summed E-state index contributed by atoms with van der Waals surface area (Å²) in [4.78, 5) is 22.0. The first-order chi connectivity index (χ1) is 12.0. The van der Waals surface area contributed by atoms with Crippen molar-refractivity contribution in [3.05, 3.63) is 77.7 Å². The summed E-state index contributed by atoms with van der Waals surface area (Å²) < 4.78 is 26.3. The summed E-state index contributed by atoms with van der Waals surface area (Å²) in [5.41, 5.74) is 6.72. The Morgan fingerprint density at radius 3 is 1.88 bits per heavy atom. The van der Waals surface area contributed by atoms with E-state index in [9.17, 15) is 18.4 Å². The molecule has 0 aliphatic carbocycles. The van der Waals surface area contributed by atoms with Crippen LogP contribution in [-0.2, 0) is 9.59 Å². The van der Waals surface area contributed by atoms with Gasteiger partial charge in [0, 0.05) is 12.5 Å². The fourth-order valence-electron chi connectivity index (χ4n) is 2.61. The van der Waals surface area contributed by atoms with Gasteiger partial charge in [-0.15, -0.1) is 0 Å². The minimum Gasteiger partial charge on any atom is -0.369 e. The maximum absolute atomic E-state index is 13.2. The van der Waals surface area contributed by atoms with Gasteiger partial charge in [0.15, 0.2) is 0 Å². The van der Waals surface area contributed by atoms with E-state index in [1.54, 1.807) is 24.3 Å². The minimum absolute atomic E-state index is 0.0572. The molecule has 4 nitrogen and oxygen atoms in total. The van der Waals surface area contributed by atoms with Crippen LogP contribution >= 0.6 is 0 Å². The Labute approximate surface area is 145 Å². The van der Waals surface area contributed by atoms with Crippen LogP contribution < -0.4 is 11.1 Å². The number of carbonyl (C=O) groups is 2. The van der Waals surface area contributed by atoms with E-state index in [1.807, 2.05) is 0 Å². The van der Waals surface area contributed by atoms with Gasteiger partial charge in [-0.25, -0.2) is 8.78 Å². The molecule has 0 aliphatic heterocycles. The molecule has 0 heterocycles. The molecule has 0 aliphatic rings. The molecule has 0 saturated heterocycles. The number of rotatable bonds is 8. The van der Waals surface area contributed by atoms with Crippen LogP contribution in [0.25, 0.3) is 0 Å². The zero-order valence-electron chi connectivity index (χ0n) is 13.5. The molecule has 0 saturated carbocycles. The van der Waals surface area contributed by atoms with Crippen LogP contribution in [0.4, 0.5) is 8.78 Å². The van der Waals surface area contributed by atoms with Crippen LogP contribution in [0.15, 0.2) is 48.5 Å². The molecule has 2 amide bonds. The van der Waals surface area contributed by atoms with Crippen molar-refractivity contribution in [3.63, 3.8) is 0 Å². The fraction of sp³-hybridized carbons (Fsp3) is 0.211. The van der Waals surface area contributed by atoms with E-state index in [4.69, 9.17) is 5.73 Å². The van der Waals surface area contributed by atoms with E-state index in [2.05, 4.69) is 5.32 Å². The van der Waals surface area contributed by atoms with Gasteiger partial charge in [0.05, 0.1) is 0 Å². The van der Waals surface area contributed by atoms with E-state index >= 15 is 0 Å². The zero-order valence-corrected chi connectivity index (χ0v) is 13.5.